The van der Waals surface area contributed by atoms with E-state index in [0.29, 0.717) is 12.1 Å². The van der Waals surface area contributed by atoms with Crippen molar-refractivity contribution in [2.45, 2.75) is 13.8 Å². The minimum absolute atomic E-state index is 0.00411. The number of hydrogen-bond acceptors (Lipinski definition) is 5. The van der Waals surface area contributed by atoms with Crippen molar-refractivity contribution in [3.05, 3.63) is 46.0 Å². The summed E-state index contributed by atoms with van der Waals surface area (Å²) in [5, 5.41) is 10.6. The molecule has 23 heavy (non-hydrogen) atoms. The summed E-state index contributed by atoms with van der Waals surface area (Å²) in [6.45, 7) is 4.25. The van der Waals surface area contributed by atoms with Crippen LogP contribution in [0.5, 0.6) is 0 Å². The van der Waals surface area contributed by atoms with Crippen molar-refractivity contribution in [1.82, 2.24) is 4.90 Å². The first-order valence-corrected chi connectivity index (χ1v) is 7.18. The molecule has 0 aromatic heterocycles. The summed E-state index contributed by atoms with van der Waals surface area (Å²) < 4.78 is 4.65. The highest BCUT2D eigenvalue weighted by Crippen LogP contribution is 2.13. The van der Waals surface area contributed by atoms with Crippen molar-refractivity contribution in [2.75, 3.05) is 20.2 Å². The van der Waals surface area contributed by atoms with E-state index in [4.69, 9.17) is 0 Å². The largest absolute Gasteiger partial charge is 0.469 e. The molecule has 1 atom stereocenters. The number of carbonyl (C=O) groups is 2. The van der Waals surface area contributed by atoms with Crippen LogP contribution in [0.1, 0.15) is 19.4 Å². The number of nitrogens with zero attached hydrogens (tertiary/aromatic N) is 2. The zero-order valence-corrected chi connectivity index (χ0v) is 13.4. The molecule has 7 heteroatoms. The molecule has 0 saturated carbocycles. The molecular formula is C16H20N2O5. The van der Waals surface area contributed by atoms with Gasteiger partial charge in [-0.05, 0) is 30.7 Å². The predicted octanol–water partition coefficient (Wildman–Crippen LogP) is 2.27. The maximum absolute atomic E-state index is 12.1. The summed E-state index contributed by atoms with van der Waals surface area (Å²) in [7, 11) is 1.31. The number of amides is 1. The molecule has 0 fully saturated rings. The molecule has 1 unspecified atom stereocenters. The number of ether oxygens (including phenoxy) is 1. The van der Waals surface area contributed by atoms with Gasteiger partial charge in [0.25, 0.3) is 5.69 Å². The minimum Gasteiger partial charge on any atom is -0.469 e. The average Bonchev–Trinajstić information content (AvgIpc) is 2.56. The van der Waals surface area contributed by atoms with Crippen LogP contribution in [0.2, 0.25) is 0 Å². The van der Waals surface area contributed by atoms with E-state index >= 15 is 0 Å². The van der Waals surface area contributed by atoms with E-state index < -0.39 is 10.8 Å². The number of likely N-dealkylation sites (N-methyl/N-ethyl adjacent to an activating group) is 1. The number of benzene rings is 1. The number of non-ortho nitro benzene ring substituents is 1. The molecule has 124 valence electrons. The highest BCUT2D eigenvalue weighted by atomic mass is 16.6. The fraction of sp³-hybridized carbons (Fsp3) is 0.375. The number of hydrogen-bond donors (Lipinski definition) is 0. The second-order valence-electron chi connectivity index (χ2n) is 4.98. The molecule has 1 rings (SSSR count). The fourth-order valence-corrected chi connectivity index (χ4v) is 1.96. The molecule has 0 aliphatic rings. The molecule has 1 amide bonds. The Morgan fingerprint density at radius 3 is 2.43 bits per heavy atom. The lowest BCUT2D eigenvalue weighted by atomic mass is 10.1. The van der Waals surface area contributed by atoms with Gasteiger partial charge in [0.05, 0.1) is 18.0 Å². The zero-order valence-electron chi connectivity index (χ0n) is 13.4. The van der Waals surface area contributed by atoms with Crippen molar-refractivity contribution < 1.29 is 19.2 Å². The van der Waals surface area contributed by atoms with E-state index in [0.717, 1.165) is 0 Å². The summed E-state index contributed by atoms with van der Waals surface area (Å²) in [4.78, 5) is 35.2. The fourth-order valence-electron chi connectivity index (χ4n) is 1.96. The summed E-state index contributed by atoms with van der Waals surface area (Å²) in [5.41, 5.74) is 0.677. The van der Waals surface area contributed by atoms with Crippen LogP contribution in [0.3, 0.4) is 0 Å². The summed E-state index contributed by atoms with van der Waals surface area (Å²) >= 11 is 0. The third-order valence-corrected chi connectivity index (χ3v) is 3.31. The third kappa shape index (κ3) is 5.54. The van der Waals surface area contributed by atoms with Gasteiger partial charge < -0.3 is 9.64 Å². The average molecular weight is 320 g/mol. The Balaban J connectivity index is 2.71. The molecule has 0 aliphatic heterocycles. The number of esters is 1. The number of nitro benzene ring substituents is 1. The summed E-state index contributed by atoms with van der Waals surface area (Å²) in [5.74, 6) is -1.01. The Morgan fingerprint density at radius 1 is 1.35 bits per heavy atom. The number of rotatable bonds is 7. The first kappa shape index (κ1) is 18.3. The van der Waals surface area contributed by atoms with Gasteiger partial charge in [-0.2, -0.15) is 0 Å². The first-order chi connectivity index (χ1) is 10.9. The van der Waals surface area contributed by atoms with Gasteiger partial charge in [0.1, 0.15) is 0 Å². The number of carbonyl (C=O) groups excluding carboxylic acids is 2. The van der Waals surface area contributed by atoms with Crippen LogP contribution in [-0.2, 0) is 14.3 Å². The van der Waals surface area contributed by atoms with E-state index in [2.05, 4.69) is 4.74 Å². The lowest BCUT2D eigenvalue weighted by molar-refractivity contribution is -0.384. The molecule has 0 spiro atoms. The van der Waals surface area contributed by atoms with Crippen LogP contribution in [0.25, 0.3) is 6.08 Å². The van der Waals surface area contributed by atoms with Gasteiger partial charge in [0.2, 0.25) is 5.91 Å². The highest BCUT2D eigenvalue weighted by molar-refractivity contribution is 5.92. The van der Waals surface area contributed by atoms with Gasteiger partial charge >= 0.3 is 5.97 Å². The maximum atomic E-state index is 12.1. The van der Waals surface area contributed by atoms with Gasteiger partial charge in [0, 0.05) is 31.3 Å². The van der Waals surface area contributed by atoms with Crippen LogP contribution >= 0.6 is 0 Å². The molecule has 0 N–H and O–H groups in total. The predicted molar refractivity (Wildman–Crippen MR) is 85.6 cm³/mol. The van der Waals surface area contributed by atoms with Crippen molar-refractivity contribution in [3.63, 3.8) is 0 Å². The number of methoxy groups -OCH3 is 1. The third-order valence-electron chi connectivity index (χ3n) is 3.31. The Bertz CT molecular complexity index is 595. The van der Waals surface area contributed by atoms with Crippen LogP contribution in [0.4, 0.5) is 5.69 Å². The van der Waals surface area contributed by atoms with E-state index in [9.17, 15) is 19.7 Å². The molecule has 0 radical (unpaired) electrons. The molecule has 1 aromatic rings. The SMILES string of the molecule is CCN(CC(C)C(=O)OC)C(=O)/C=C/c1ccc([N+](=O)[O-])cc1. The molecule has 7 nitrogen and oxygen atoms in total. The molecule has 0 saturated heterocycles. The highest BCUT2D eigenvalue weighted by Gasteiger charge is 2.19. The van der Waals surface area contributed by atoms with Crippen LogP contribution in [-0.4, -0.2) is 41.9 Å². The topological polar surface area (TPSA) is 89.8 Å². The minimum atomic E-state index is -0.480. The lowest BCUT2D eigenvalue weighted by Gasteiger charge is -2.22. The summed E-state index contributed by atoms with van der Waals surface area (Å²) in [6.07, 6.45) is 2.96. The molecule has 0 heterocycles. The molecule has 1 aromatic carbocycles. The van der Waals surface area contributed by atoms with Crippen molar-refractivity contribution in [3.8, 4) is 0 Å². The van der Waals surface area contributed by atoms with Crippen molar-refractivity contribution in [1.29, 1.82) is 0 Å². The van der Waals surface area contributed by atoms with E-state index in [1.165, 1.54) is 30.2 Å². The van der Waals surface area contributed by atoms with E-state index in [1.54, 1.807) is 25.1 Å². The second-order valence-corrected chi connectivity index (χ2v) is 4.98. The van der Waals surface area contributed by atoms with Gasteiger partial charge in [-0.3, -0.25) is 19.7 Å². The van der Waals surface area contributed by atoms with Crippen LogP contribution < -0.4 is 0 Å². The van der Waals surface area contributed by atoms with E-state index in [1.807, 2.05) is 6.92 Å². The molecular weight excluding hydrogens is 300 g/mol. The van der Waals surface area contributed by atoms with Crippen LogP contribution in [0.15, 0.2) is 30.3 Å². The Hall–Kier alpha value is -2.70. The molecule has 0 bridgehead atoms. The van der Waals surface area contributed by atoms with Gasteiger partial charge in [0.15, 0.2) is 0 Å². The van der Waals surface area contributed by atoms with Gasteiger partial charge in [-0.25, -0.2) is 0 Å². The van der Waals surface area contributed by atoms with Gasteiger partial charge in [-0.1, -0.05) is 6.92 Å². The van der Waals surface area contributed by atoms with E-state index in [-0.39, 0.29) is 24.1 Å². The smallest absolute Gasteiger partial charge is 0.310 e. The molecule has 0 aliphatic carbocycles. The maximum Gasteiger partial charge on any atom is 0.310 e. The van der Waals surface area contributed by atoms with Crippen LogP contribution in [0, 0.1) is 16.0 Å². The number of nitro groups is 1. The monoisotopic (exact) mass is 320 g/mol. The first-order valence-electron chi connectivity index (χ1n) is 7.18. The normalized spacial score (nSPS) is 12.0. The summed E-state index contributed by atoms with van der Waals surface area (Å²) in [6, 6.07) is 5.88. The Kier molecular flexibility index (Phi) is 6.92. The second kappa shape index (κ2) is 8.67. The Labute approximate surface area is 134 Å². The van der Waals surface area contributed by atoms with Crippen molar-refractivity contribution in [2.24, 2.45) is 5.92 Å². The zero-order chi connectivity index (χ0) is 17.4. The van der Waals surface area contributed by atoms with Gasteiger partial charge in [-0.15, -0.1) is 0 Å². The quantitative estimate of drug-likeness (QED) is 0.333. The standard InChI is InChI=1S/C16H20N2O5/c1-4-17(11-12(2)16(20)23-3)15(19)10-7-13-5-8-14(9-6-13)18(21)22/h5-10,12H,4,11H2,1-3H3/b10-7+. The van der Waals surface area contributed by atoms with Crippen molar-refractivity contribution >= 4 is 23.6 Å². The Morgan fingerprint density at radius 2 is 1.96 bits per heavy atom. The lowest BCUT2D eigenvalue weighted by Crippen LogP contribution is -2.36.